The summed E-state index contributed by atoms with van der Waals surface area (Å²) in [6.45, 7) is 0.678. The van der Waals surface area contributed by atoms with Crippen molar-refractivity contribution in [2.24, 2.45) is 5.73 Å². The number of hydrogen-bond acceptors (Lipinski definition) is 11. The summed E-state index contributed by atoms with van der Waals surface area (Å²) < 4.78 is 17.1. The molecule has 0 saturated carbocycles. The number of phenols is 1. The number of halogens is 1. The number of ether oxygens (including phenoxy) is 3. The van der Waals surface area contributed by atoms with E-state index in [0.29, 0.717) is 0 Å². The summed E-state index contributed by atoms with van der Waals surface area (Å²) in [4.78, 5) is 39.6. The molecule has 0 bridgehead atoms. The second-order valence-corrected chi connectivity index (χ2v) is 10.0. The Kier molecular flexibility index (Phi) is 7.89. The Morgan fingerprint density at radius 1 is 1.21 bits per heavy atom. The number of methoxy groups -OCH3 is 1. The Bertz CT molecular complexity index is 1330. The molecule has 12 heteroatoms. The summed E-state index contributed by atoms with van der Waals surface area (Å²) in [5.74, 6) is -2.35. The van der Waals surface area contributed by atoms with Gasteiger partial charge in [-0.15, -0.1) is 12.4 Å². The van der Waals surface area contributed by atoms with Crippen LogP contribution in [-0.2, 0) is 20.7 Å². The molecule has 3 aliphatic rings. The fourth-order valence-corrected chi connectivity index (χ4v) is 5.68. The summed E-state index contributed by atoms with van der Waals surface area (Å²) in [7, 11) is 1.37. The van der Waals surface area contributed by atoms with Crippen molar-refractivity contribution in [3.05, 3.63) is 57.6 Å². The molecule has 6 atom stereocenters. The van der Waals surface area contributed by atoms with Gasteiger partial charge in [0.2, 0.25) is 5.78 Å². The van der Waals surface area contributed by atoms with Crippen molar-refractivity contribution in [2.75, 3.05) is 13.7 Å². The predicted molar refractivity (Wildman–Crippen MR) is 137 cm³/mol. The zero-order valence-corrected chi connectivity index (χ0v) is 22.1. The van der Waals surface area contributed by atoms with Gasteiger partial charge in [0.1, 0.15) is 23.7 Å². The van der Waals surface area contributed by atoms with Crippen LogP contribution < -0.4 is 10.5 Å². The number of aliphatic hydroxyl groups excluding tert-OH is 2. The number of nitrogens with two attached hydrogens (primary N) is 1. The topological polar surface area (TPSA) is 186 Å². The van der Waals surface area contributed by atoms with Crippen LogP contribution in [0.4, 0.5) is 0 Å². The van der Waals surface area contributed by atoms with Gasteiger partial charge in [0.25, 0.3) is 0 Å². The second kappa shape index (κ2) is 10.6. The first-order valence-corrected chi connectivity index (χ1v) is 12.3. The molecule has 2 aromatic carbocycles. The van der Waals surface area contributed by atoms with Crippen molar-refractivity contribution < 1.29 is 49.0 Å². The lowest BCUT2D eigenvalue weighted by molar-refractivity contribution is -0.247. The van der Waals surface area contributed by atoms with Crippen molar-refractivity contribution >= 4 is 29.8 Å². The van der Waals surface area contributed by atoms with Crippen LogP contribution in [-0.4, -0.2) is 81.6 Å². The van der Waals surface area contributed by atoms with Gasteiger partial charge in [-0.2, -0.15) is 0 Å². The standard InChI is InChI=1S/C27H29NO10.ClH/c1-11-23(31)15(28)7-19(37-11)38-17-9-27(35,18(30)10-29)8-12-6-14-22(25(33)20(12)17)26(34)21-13(24(14)32)4-3-5-16(21)36-2;/h3-6,11,15,17,19,23,29,31,33,35H,7-10,28H2,1-2H3;1H/t11-,15-,17-,19-,23+,27-;/m0./s1. The molecule has 0 unspecified atom stereocenters. The first kappa shape index (κ1) is 29.1. The van der Waals surface area contributed by atoms with E-state index in [2.05, 4.69) is 0 Å². The summed E-state index contributed by atoms with van der Waals surface area (Å²) in [5.41, 5.74) is 4.08. The number of Topliss-reactive ketones (excluding diaryl/α,β-unsaturated/α-hetero) is 1. The van der Waals surface area contributed by atoms with E-state index >= 15 is 0 Å². The Morgan fingerprint density at radius 2 is 1.92 bits per heavy atom. The third-order valence-corrected chi connectivity index (χ3v) is 7.67. The minimum Gasteiger partial charge on any atom is -0.507 e. The fourth-order valence-electron chi connectivity index (χ4n) is 5.68. The molecule has 6 N–H and O–H groups in total. The summed E-state index contributed by atoms with van der Waals surface area (Å²) in [6.07, 6.45) is -4.36. The molecule has 0 spiro atoms. The molecule has 0 radical (unpaired) electrons. The molecule has 1 heterocycles. The van der Waals surface area contributed by atoms with Gasteiger partial charge in [-0.25, -0.2) is 0 Å². The Balaban J connectivity index is 0.00000353. The lowest BCUT2D eigenvalue weighted by atomic mass is 9.72. The van der Waals surface area contributed by atoms with Gasteiger partial charge in [0.05, 0.1) is 36.5 Å². The normalized spacial score (nSPS) is 29.5. The average Bonchev–Trinajstić information content (AvgIpc) is 2.88. The third-order valence-electron chi connectivity index (χ3n) is 7.67. The van der Waals surface area contributed by atoms with E-state index in [-0.39, 0.29) is 70.8 Å². The van der Waals surface area contributed by atoms with E-state index in [0.717, 1.165) is 0 Å². The summed E-state index contributed by atoms with van der Waals surface area (Å²) in [6, 6.07) is 5.29. The number of aliphatic hydroxyl groups is 3. The molecule has 5 rings (SSSR count). The van der Waals surface area contributed by atoms with E-state index in [4.69, 9.17) is 19.9 Å². The van der Waals surface area contributed by atoms with Crippen LogP contribution in [0.1, 0.15) is 68.8 Å². The molecule has 39 heavy (non-hydrogen) atoms. The van der Waals surface area contributed by atoms with E-state index < -0.39 is 66.0 Å². The number of phenolic OH excluding ortho intramolecular Hbond substituents is 1. The molecule has 11 nitrogen and oxygen atoms in total. The molecular formula is C27H30ClNO10. The quantitative estimate of drug-likeness (QED) is 0.294. The smallest absolute Gasteiger partial charge is 0.201 e. The number of carbonyl (C=O) groups is 3. The van der Waals surface area contributed by atoms with Gasteiger partial charge in [0.15, 0.2) is 17.9 Å². The highest BCUT2D eigenvalue weighted by atomic mass is 35.5. The highest BCUT2D eigenvalue weighted by Gasteiger charge is 2.48. The number of carbonyl (C=O) groups excluding carboxylic acids is 3. The molecule has 2 aromatic rings. The number of fused-ring (bicyclic) bond motifs is 3. The van der Waals surface area contributed by atoms with Crippen LogP contribution in [0.2, 0.25) is 0 Å². The van der Waals surface area contributed by atoms with Crippen LogP contribution in [0.15, 0.2) is 24.3 Å². The van der Waals surface area contributed by atoms with Crippen molar-refractivity contribution in [3.8, 4) is 11.5 Å². The van der Waals surface area contributed by atoms with E-state index in [1.54, 1.807) is 13.0 Å². The molecule has 1 aliphatic heterocycles. The summed E-state index contributed by atoms with van der Waals surface area (Å²) in [5, 5.41) is 42.3. The number of aromatic hydroxyl groups is 1. The highest BCUT2D eigenvalue weighted by molar-refractivity contribution is 6.30. The van der Waals surface area contributed by atoms with Gasteiger partial charge in [0, 0.05) is 42.0 Å². The Hall–Kier alpha value is -2.90. The monoisotopic (exact) mass is 563 g/mol. The molecule has 1 fully saturated rings. The SMILES string of the molecule is COc1cccc2c1C(=O)c1c(cc3c(c1O)[C@@H](O[C@H]1C[C@H](N)[C@H](O)[C@H](C)O1)C[C@](O)(C(=O)CO)C3)C2=O.Cl. The van der Waals surface area contributed by atoms with Crippen LogP contribution >= 0.6 is 12.4 Å². The van der Waals surface area contributed by atoms with Crippen molar-refractivity contribution in [2.45, 2.75) is 62.4 Å². The first-order chi connectivity index (χ1) is 18.0. The van der Waals surface area contributed by atoms with Crippen molar-refractivity contribution in [3.63, 3.8) is 0 Å². The van der Waals surface area contributed by atoms with E-state index in [9.17, 15) is 34.8 Å². The molecule has 1 saturated heterocycles. The Morgan fingerprint density at radius 3 is 2.56 bits per heavy atom. The van der Waals surface area contributed by atoms with Crippen LogP contribution in [0.5, 0.6) is 11.5 Å². The maximum absolute atomic E-state index is 13.6. The maximum atomic E-state index is 13.6. The van der Waals surface area contributed by atoms with Gasteiger partial charge in [-0.05, 0) is 24.6 Å². The molecule has 2 aliphatic carbocycles. The Labute approximate surface area is 229 Å². The molecular weight excluding hydrogens is 534 g/mol. The molecule has 0 amide bonds. The van der Waals surface area contributed by atoms with Crippen molar-refractivity contribution in [1.82, 2.24) is 0 Å². The zero-order chi connectivity index (χ0) is 27.5. The first-order valence-electron chi connectivity index (χ1n) is 12.3. The molecule has 210 valence electrons. The number of rotatable bonds is 5. The highest BCUT2D eigenvalue weighted by Crippen LogP contribution is 2.48. The van der Waals surface area contributed by atoms with Gasteiger partial charge >= 0.3 is 0 Å². The third kappa shape index (κ3) is 4.63. The maximum Gasteiger partial charge on any atom is 0.201 e. The van der Waals surface area contributed by atoms with Gasteiger partial charge < -0.3 is 40.4 Å². The second-order valence-electron chi connectivity index (χ2n) is 10.0. The zero-order valence-electron chi connectivity index (χ0n) is 21.2. The minimum absolute atomic E-state index is 0. The molecule has 0 aromatic heterocycles. The average molecular weight is 564 g/mol. The van der Waals surface area contributed by atoms with E-state index in [1.165, 1.54) is 25.3 Å². The van der Waals surface area contributed by atoms with E-state index in [1.807, 2.05) is 0 Å². The van der Waals surface area contributed by atoms with Crippen LogP contribution in [0.25, 0.3) is 0 Å². The van der Waals surface area contributed by atoms with Crippen molar-refractivity contribution in [1.29, 1.82) is 0 Å². The minimum atomic E-state index is -2.07. The largest absolute Gasteiger partial charge is 0.507 e. The van der Waals surface area contributed by atoms with Gasteiger partial charge in [-0.1, -0.05) is 12.1 Å². The van der Waals surface area contributed by atoms with Crippen LogP contribution in [0.3, 0.4) is 0 Å². The van der Waals surface area contributed by atoms with Crippen LogP contribution in [0, 0.1) is 0 Å². The number of hydrogen-bond donors (Lipinski definition) is 5. The lowest BCUT2D eigenvalue weighted by Gasteiger charge is -2.42. The fraction of sp³-hybridized carbons (Fsp3) is 0.444. The number of ketones is 3. The predicted octanol–water partition coefficient (Wildman–Crippen LogP) is 0.717. The lowest BCUT2D eigenvalue weighted by Crippen LogP contribution is -2.53. The van der Waals surface area contributed by atoms with Gasteiger partial charge in [-0.3, -0.25) is 14.4 Å². The number of benzene rings is 2. The summed E-state index contributed by atoms with van der Waals surface area (Å²) >= 11 is 0.